The summed E-state index contributed by atoms with van der Waals surface area (Å²) in [5.74, 6) is -2.75. The highest BCUT2D eigenvalue weighted by atomic mass is 19.1. The fourth-order valence-electron chi connectivity index (χ4n) is 7.89. The van der Waals surface area contributed by atoms with Crippen LogP contribution in [0, 0.1) is 34.5 Å². The molecule has 0 saturated heterocycles. The van der Waals surface area contributed by atoms with Crippen LogP contribution in [-0.4, -0.2) is 47.2 Å². The summed E-state index contributed by atoms with van der Waals surface area (Å²) in [5, 5.41) is 11.3. The first kappa shape index (κ1) is 25.2. The van der Waals surface area contributed by atoms with Crippen LogP contribution in [0.25, 0.3) is 0 Å². The Bertz CT molecular complexity index is 943. The number of ketones is 2. The molecular formula is C27H36F2O5. The molecule has 4 aliphatic rings. The normalized spacial score (nSPS) is 45.1. The third kappa shape index (κ3) is 3.52. The molecule has 0 aliphatic heterocycles. The average Bonchev–Trinajstić information content (AvgIpc) is 3.03. The summed E-state index contributed by atoms with van der Waals surface area (Å²) in [7, 11) is 0. The summed E-state index contributed by atoms with van der Waals surface area (Å²) in [5.41, 5.74) is -4.21. The molecule has 9 atom stereocenters. The highest BCUT2D eigenvalue weighted by molar-refractivity contribution is 6.01. The standard InChI is InChI=1S/C27H36F2O5/c1-5-6-7-23(33)34-14-21(31)24-15(2)10-17-18-12-20(28)19-11-16(30)8-9-26(19,4)27(18,29)22(32)13-25(17,24)3/h8-9,11,15,17-18,20,22,24,32H,5-7,10,12-14H2,1-4H3/t15-,17+,18+,20-,22+,24-,25-,26+,27+/m0/s1. The molecule has 34 heavy (non-hydrogen) atoms. The van der Waals surface area contributed by atoms with E-state index in [1.54, 1.807) is 6.92 Å². The van der Waals surface area contributed by atoms with Gasteiger partial charge in [0.15, 0.2) is 17.2 Å². The maximum absolute atomic E-state index is 17.1. The van der Waals surface area contributed by atoms with E-state index in [0.29, 0.717) is 12.8 Å². The van der Waals surface area contributed by atoms with Crippen molar-refractivity contribution in [3.8, 4) is 0 Å². The Morgan fingerprint density at radius 3 is 2.62 bits per heavy atom. The van der Waals surface area contributed by atoms with E-state index in [0.717, 1.165) is 6.42 Å². The summed E-state index contributed by atoms with van der Waals surface area (Å²) in [6.45, 7) is 7.03. The maximum atomic E-state index is 17.1. The number of aliphatic hydroxyl groups is 1. The molecule has 7 heteroatoms. The van der Waals surface area contributed by atoms with Gasteiger partial charge in [-0.25, -0.2) is 8.78 Å². The first-order chi connectivity index (χ1) is 15.9. The Morgan fingerprint density at radius 2 is 1.94 bits per heavy atom. The molecule has 3 fully saturated rings. The van der Waals surface area contributed by atoms with Crippen LogP contribution in [0.3, 0.4) is 0 Å². The van der Waals surface area contributed by atoms with Crippen molar-refractivity contribution in [2.45, 2.75) is 84.2 Å². The molecule has 4 rings (SSSR count). The Kier molecular flexibility index (Phi) is 6.41. The van der Waals surface area contributed by atoms with Gasteiger partial charge in [0.25, 0.3) is 0 Å². The minimum Gasteiger partial charge on any atom is -0.458 e. The van der Waals surface area contributed by atoms with Gasteiger partial charge in [-0.05, 0) is 67.6 Å². The van der Waals surface area contributed by atoms with Crippen molar-refractivity contribution in [3.63, 3.8) is 0 Å². The van der Waals surface area contributed by atoms with E-state index < -0.39 is 46.6 Å². The molecule has 0 aromatic rings. The average molecular weight is 479 g/mol. The highest BCUT2D eigenvalue weighted by Crippen LogP contribution is 2.70. The van der Waals surface area contributed by atoms with Gasteiger partial charge >= 0.3 is 5.97 Å². The first-order valence-corrected chi connectivity index (χ1v) is 12.5. The molecule has 5 nitrogen and oxygen atoms in total. The van der Waals surface area contributed by atoms with Crippen molar-refractivity contribution in [1.82, 2.24) is 0 Å². The third-order valence-corrected chi connectivity index (χ3v) is 9.43. The molecule has 0 unspecified atom stereocenters. The van der Waals surface area contributed by atoms with Crippen molar-refractivity contribution < 1.29 is 33.0 Å². The number of rotatable bonds is 6. The topological polar surface area (TPSA) is 80.7 Å². The molecule has 1 N–H and O–H groups in total. The zero-order valence-electron chi connectivity index (χ0n) is 20.5. The van der Waals surface area contributed by atoms with Crippen LogP contribution in [0.1, 0.15) is 66.2 Å². The van der Waals surface area contributed by atoms with Crippen molar-refractivity contribution in [2.24, 2.45) is 34.5 Å². The number of carbonyl (C=O) groups is 3. The number of alkyl halides is 2. The Labute approximate surface area is 200 Å². The summed E-state index contributed by atoms with van der Waals surface area (Å²) >= 11 is 0. The van der Waals surface area contributed by atoms with Gasteiger partial charge in [0.2, 0.25) is 0 Å². The number of hydrogen-bond acceptors (Lipinski definition) is 5. The van der Waals surface area contributed by atoms with Gasteiger partial charge in [-0.1, -0.05) is 33.3 Å². The van der Waals surface area contributed by atoms with Gasteiger partial charge in [-0.3, -0.25) is 14.4 Å². The van der Waals surface area contributed by atoms with E-state index in [2.05, 4.69) is 0 Å². The van der Waals surface area contributed by atoms with E-state index in [-0.39, 0.29) is 54.8 Å². The Morgan fingerprint density at radius 1 is 1.24 bits per heavy atom. The van der Waals surface area contributed by atoms with Crippen molar-refractivity contribution in [3.05, 3.63) is 23.8 Å². The number of allylic oxidation sites excluding steroid dienone is 4. The molecule has 0 amide bonds. The molecule has 4 aliphatic carbocycles. The van der Waals surface area contributed by atoms with Gasteiger partial charge in [0.1, 0.15) is 12.8 Å². The Hall–Kier alpha value is -1.89. The van der Waals surface area contributed by atoms with Gasteiger partial charge in [0.05, 0.1) is 6.10 Å². The zero-order valence-corrected chi connectivity index (χ0v) is 20.5. The molecule has 0 spiro atoms. The fraction of sp³-hybridized carbons (Fsp3) is 0.741. The minimum atomic E-state index is -2.15. The smallest absolute Gasteiger partial charge is 0.306 e. The number of hydrogen-bond donors (Lipinski definition) is 1. The summed E-state index contributed by atoms with van der Waals surface area (Å²) in [6.07, 6.45) is 3.20. The molecule has 3 saturated carbocycles. The molecule has 0 bridgehead atoms. The molecular weight excluding hydrogens is 442 g/mol. The number of esters is 1. The van der Waals surface area contributed by atoms with Crippen LogP contribution in [0.5, 0.6) is 0 Å². The van der Waals surface area contributed by atoms with Crippen molar-refractivity contribution in [2.75, 3.05) is 6.61 Å². The van der Waals surface area contributed by atoms with Gasteiger partial charge in [-0.15, -0.1) is 0 Å². The van der Waals surface area contributed by atoms with Gasteiger partial charge < -0.3 is 9.84 Å². The van der Waals surface area contributed by atoms with Crippen molar-refractivity contribution in [1.29, 1.82) is 0 Å². The summed E-state index contributed by atoms with van der Waals surface area (Å²) in [4.78, 5) is 37.1. The van der Waals surface area contributed by atoms with E-state index in [1.807, 2.05) is 20.8 Å². The van der Waals surface area contributed by atoms with E-state index in [4.69, 9.17) is 4.74 Å². The van der Waals surface area contributed by atoms with Crippen LogP contribution >= 0.6 is 0 Å². The van der Waals surface area contributed by atoms with Crippen molar-refractivity contribution >= 4 is 17.5 Å². The van der Waals surface area contributed by atoms with Gasteiger partial charge in [-0.2, -0.15) is 0 Å². The van der Waals surface area contributed by atoms with Crippen LogP contribution in [0.15, 0.2) is 23.8 Å². The zero-order chi connectivity index (χ0) is 25.1. The molecule has 0 aromatic carbocycles. The predicted molar refractivity (Wildman–Crippen MR) is 122 cm³/mol. The third-order valence-electron chi connectivity index (χ3n) is 9.43. The van der Waals surface area contributed by atoms with E-state index in [1.165, 1.54) is 18.2 Å². The molecule has 0 heterocycles. The highest BCUT2D eigenvalue weighted by Gasteiger charge is 2.73. The number of aliphatic hydroxyl groups excluding tert-OH is 1. The molecule has 188 valence electrons. The first-order valence-electron chi connectivity index (χ1n) is 12.5. The van der Waals surface area contributed by atoms with Crippen LogP contribution in [0.4, 0.5) is 8.78 Å². The SMILES string of the molecule is CCCCC(=O)OCC(=O)[C@@H]1[C@@H](C)C[C@@H]2[C@H]3C[C@H](F)C4=CC(=O)C=C[C@@]4(C)[C@]3(F)[C@H](O)C[C@@]21C. The monoisotopic (exact) mass is 478 g/mol. The number of ether oxygens (including phenoxy) is 1. The Balaban J connectivity index is 1.63. The quantitative estimate of drug-likeness (QED) is 0.570. The number of carbonyl (C=O) groups excluding carboxylic acids is 3. The lowest BCUT2D eigenvalue weighted by atomic mass is 9.45. The molecule has 0 aromatic heterocycles. The lowest BCUT2D eigenvalue weighted by Gasteiger charge is -2.62. The summed E-state index contributed by atoms with van der Waals surface area (Å²) in [6, 6.07) is 0. The van der Waals surface area contributed by atoms with Gasteiger partial charge in [0, 0.05) is 23.7 Å². The number of halogens is 2. The number of fused-ring (bicyclic) bond motifs is 5. The predicted octanol–water partition coefficient (Wildman–Crippen LogP) is 4.47. The second kappa shape index (κ2) is 8.65. The number of Topliss-reactive ketones (excluding diaryl/α,β-unsaturated/α-hetero) is 1. The van der Waals surface area contributed by atoms with Crippen LogP contribution < -0.4 is 0 Å². The summed E-state index contributed by atoms with van der Waals surface area (Å²) < 4.78 is 37.7. The van der Waals surface area contributed by atoms with Crippen LogP contribution in [0.2, 0.25) is 0 Å². The van der Waals surface area contributed by atoms with E-state index in [9.17, 15) is 19.5 Å². The lowest BCUT2D eigenvalue weighted by Crippen LogP contribution is -2.68. The maximum Gasteiger partial charge on any atom is 0.306 e. The van der Waals surface area contributed by atoms with Crippen LogP contribution in [-0.2, 0) is 19.1 Å². The molecule has 0 radical (unpaired) electrons. The number of unbranched alkanes of at least 4 members (excludes halogenated alkanes) is 1. The largest absolute Gasteiger partial charge is 0.458 e. The second-order valence-corrected chi connectivity index (χ2v) is 11.4. The minimum absolute atomic E-state index is 0.0524. The fourth-order valence-corrected chi connectivity index (χ4v) is 7.89. The second-order valence-electron chi connectivity index (χ2n) is 11.4. The van der Waals surface area contributed by atoms with E-state index >= 15 is 8.78 Å². The lowest BCUT2D eigenvalue weighted by molar-refractivity contribution is -0.202.